The largest absolute Gasteiger partial charge is 0.362 e. The highest BCUT2D eigenvalue weighted by Crippen LogP contribution is 2.37. The number of nitrogens with one attached hydrogen (secondary N) is 1. The van der Waals surface area contributed by atoms with Crippen molar-refractivity contribution in [3.8, 4) is 0 Å². The van der Waals surface area contributed by atoms with Crippen LogP contribution in [0.1, 0.15) is 41.9 Å². The van der Waals surface area contributed by atoms with Crippen LogP contribution in [0, 0.1) is 0 Å². The first-order chi connectivity index (χ1) is 10.5. The monoisotopic (exact) mass is 304 g/mol. The normalized spacial score (nSPS) is 24.9. The Bertz CT molecular complexity index is 585. The molecule has 1 aromatic heterocycles. The molecule has 1 saturated heterocycles. The van der Waals surface area contributed by atoms with Crippen molar-refractivity contribution in [3.05, 3.63) is 23.8 Å². The third-order valence-electron chi connectivity index (χ3n) is 4.13. The molecule has 22 heavy (non-hydrogen) atoms. The van der Waals surface area contributed by atoms with Crippen LogP contribution >= 0.6 is 0 Å². The number of aromatic nitrogens is 2. The Kier molecular flexibility index (Phi) is 3.82. The Hall–Kier alpha value is -2.02. The highest BCUT2D eigenvalue weighted by Gasteiger charge is 2.40. The Morgan fingerprint density at radius 1 is 1.36 bits per heavy atom. The standard InChI is InChI=1S/C15H20N4O3/c1-15(14(21)16-2)9-19(5-6-22-15)13(20)11-7-17-12(18-8-11)10-3-4-10/h7-8,10H,3-6,9H2,1-2H3,(H,16,21). The Morgan fingerprint density at radius 2 is 2.05 bits per heavy atom. The fourth-order valence-corrected chi connectivity index (χ4v) is 2.63. The van der Waals surface area contributed by atoms with Crippen LogP contribution in [0.2, 0.25) is 0 Å². The number of hydrogen-bond acceptors (Lipinski definition) is 5. The molecule has 7 nitrogen and oxygen atoms in total. The number of morpholine rings is 1. The third kappa shape index (κ3) is 2.81. The van der Waals surface area contributed by atoms with E-state index in [4.69, 9.17) is 4.74 Å². The molecule has 1 unspecified atom stereocenters. The van der Waals surface area contributed by atoms with E-state index in [1.165, 1.54) is 0 Å². The lowest BCUT2D eigenvalue weighted by atomic mass is 10.0. The summed E-state index contributed by atoms with van der Waals surface area (Å²) in [6.45, 7) is 2.69. The predicted molar refractivity (Wildman–Crippen MR) is 78.3 cm³/mol. The van der Waals surface area contributed by atoms with Gasteiger partial charge in [-0.3, -0.25) is 9.59 Å². The molecule has 3 rings (SSSR count). The van der Waals surface area contributed by atoms with Crippen molar-refractivity contribution in [1.82, 2.24) is 20.2 Å². The van der Waals surface area contributed by atoms with Crippen LogP contribution in [0.5, 0.6) is 0 Å². The number of carbonyl (C=O) groups excluding carboxylic acids is 2. The van der Waals surface area contributed by atoms with Gasteiger partial charge < -0.3 is 15.0 Å². The molecule has 1 N–H and O–H groups in total. The molecule has 1 saturated carbocycles. The van der Waals surface area contributed by atoms with Crippen LogP contribution in [0.4, 0.5) is 0 Å². The van der Waals surface area contributed by atoms with Crippen molar-refractivity contribution in [2.24, 2.45) is 0 Å². The molecule has 1 aliphatic heterocycles. The molecule has 1 aliphatic carbocycles. The maximum absolute atomic E-state index is 12.6. The van der Waals surface area contributed by atoms with Crippen LogP contribution in [0.3, 0.4) is 0 Å². The molecule has 7 heteroatoms. The molecule has 0 spiro atoms. The minimum Gasteiger partial charge on any atom is -0.362 e. The lowest BCUT2D eigenvalue weighted by Gasteiger charge is -2.38. The number of hydrogen-bond donors (Lipinski definition) is 1. The maximum Gasteiger partial charge on any atom is 0.257 e. The zero-order chi connectivity index (χ0) is 15.7. The van der Waals surface area contributed by atoms with E-state index in [0.717, 1.165) is 18.7 Å². The van der Waals surface area contributed by atoms with Gasteiger partial charge in [0, 0.05) is 31.9 Å². The Morgan fingerprint density at radius 3 is 2.64 bits per heavy atom. The van der Waals surface area contributed by atoms with Gasteiger partial charge in [0.15, 0.2) is 5.60 Å². The lowest BCUT2D eigenvalue weighted by molar-refractivity contribution is -0.153. The van der Waals surface area contributed by atoms with Crippen LogP contribution < -0.4 is 5.32 Å². The van der Waals surface area contributed by atoms with Gasteiger partial charge in [-0.25, -0.2) is 9.97 Å². The molecule has 2 fully saturated rings. The average molecular weight is 304 g/mol. The molecule has 1 aromatic rings. The molecule has 2 heterocycles. The topological polar surface area (TPSA) is 84.4 Å². The molecule has 2 aliphatic rings. The fraction of sp³-hybridized carbons (Fsp3) is 0.600. The van der Waals surface area contributed by atoms with Gasteiger partial charge in [-0.1, -0.05) is 0 Å². The summed E-state index contributed by atoms with van der Waals surface area (Å²) >= 11 is 0. The Labute approximate surface area is 129 Å². The number of nitrogens with zero attached hydrogens (tertiary/aromatic N) is 3. The first-order valence-corrected chi connectivity index (χ1v) is 7.51. The summed E-state index contributed by atoms with van der Waals surface area (Å²) < 4.78 is 5.56. The van der Waals surface area contributed by atoms with Crippen molar-refractivity contribution in [1.29, 1.82) is 0 Å². The summed E-state index contributed by atoms with van der Waals surface area (Å²) in [5.74, 6) is 0.879. The van der Waals surface area contributed by atoms with Crippen molar-refractivity contribution >= 4 is 11.8 Å². The van der Waals surface area contributed by atoms with E-state index in [-0.39, 0.29) is 18.4 Å². The second-order valence-corrected chi connectivity index (χ2v) is 5.99. The average Bonchev–Trinajstić information content (AvgIpc) is 3.38. The van der Waals surface area contributed by atoms with E-state index >= 15 is 0 Å². The number of ether oxygens (including phenoxy) is 1. The maximum atomic E-state index is 12.6. The second-order valence-electron chi connectivity index (χ2n) is 5.99. The molecule has 0 bridgehead atoms. The predicted octanol–water partition coefficient (Wildman–Crippen LogP) is 0.331. The second kappa shape index (κ2) is 5.64. The molecule has 118 valence electrons. The Balaban J connectivity index is 1.72. The fourth-order valence-electron chi connectivity index (χ4n) is 2.63. The molecular weight excluding hydrogens is 284 g/mol. The summed E-state index contributed by atoms with van der Waals surface area (Å²) in [7, 11) is 1.56. The first kappa shape index (κ1) is 14.9. The van der Waals surface area contributed by atoms with E-state index in [0.29, 0.717) is 24.6 Å². The van der Waals surface area contributed by atoms with Crippen LogP contribution in [0.15, 0.2) is 12.4 Å². The van der Waals surface area contributed by atoms with Crippen molar-refractivity contribution in [2.75, 3.05) is 26.7 Å². The number of carbonyl (C=O) groups is 2. The van der Waals surface area contributed by atoms with Gasteiger partial charge in [0.25, 0.3) is 11.8 Å². The van der Waals surface area contributed by atoms with Gasteiger partial charge in [0.2, 0.25) is 0 Å². The van der Waals surface area contributed by atoms with Crippen LogP contribution in [-0.4, -0.2) is 59.0 Å². The zero-order valence-electron chi connectivity index (χ0n) is 12.8. The summed E-state index contributed by atoms with van der Waals surface area (Å²) in [5.41, 5.74) is -0.567. The van der Waals surface area contributed by atoms with Gasteiger partial charge >= 0.3 is 0 Å². The van der Waals surface area contributed by atoms with Crippen molar-refractivity contribution in [3.63, 3.8) is 0 Å². The zero-order valence-corrected chi connectivity index (χ0v) is 12.8. The number of amides is 2. The minimum absolute atomic E-state index is 0.166. The lowest BCUT2D eigenvalue weighted by Crippen LogP contribution is -2.58. The summed E-state index contributed by atoms with van der Waals surface area (Å²) in [6, 6.07) is 0. The van der Waals surface area contributed by atoms with Gasteiger partial charge in [-0.15, -0.1) is 0 Å². The van der Waals surface area contributed by atoms with E-state index < -0.39 is 5.60 Å². The van der Waals surface area contributed by atoms with E-state index in [9.17, 15) is 9.59 Å². The third-order valence-corrected chi connectivity index (χ3v) is 4.13. The van der Waals surface area contributed by atoms with E-state index in [1.54, 1.807) is 31.3 Å². The van der Waals surface area contributed by atoms with E-state index in [1.807, 2.05) is 0 Å². The molecular formula is C15H20N4O3. The highest BCUT2D eigenvalue weighted by atomic mass is 16.5. The minimum atomic E-state index is -1.02. The molecule has 0 aromatic carbocycles. The molecule has 1 atom stereocenters. The smallest absolute Gasteiger partial charge is 0.257 e. The molecule has 2 amide bonds. The SMILES string of the molecule is CNC(=O)C1(C)CN(C(=O)c2cnc(C3CC3)nc2)CCO1. The quantitative estimate of drug-likeness (QED) is 0.870. The summed E-state index contributed by atoms with van der Waals surface area (Å²) in [4.78, 5) is 34.6. The number of likely N-dealkylation sites (N-methyl/N-ethyl adjacent to an activating group) is 1. The van der Waals surface area contributed by atoms with Crippen molar-refractivity contribution in [2.45, 2.75) is 31.3 Å². The van der Waals surface area contributed by atoms with Gasteiger partial charge in [-0.2, -0.15) is 0 Å². The van der Waals surface area contributed by atoms with Crippen molar-refractivity contribution < 1.29 is 14.3 Å². The first-order valence-electron chi connectivity index (χ1n) is 7.51. The van der Waals surface area contributed by atoms with Crippen LogP contribution in [0.25, 0.3) is 0 Å². The van der Waals surface area contributed by atoms with E-state index in [2.05, 4.69) is 15.3 Å². The van der Waals surface area contributed by atoms with Crippen LogP contribution in [-0.2, 0) is 9.53 Å². The van der Waals surface area contributed by atoms with Gasteiger partial charge in [-0.05, 0) is 19.8 Å². The number of rotatable bonds is 3. The highest BCUT2D eigenvalue weighted by molar-refractivity contribution is 5.94. The summed E-state index contributed by atoms with van der Waals surface area (Å²) in [5, 5.41) is 2.57. The molecule has 0 radical (unpaired) electrons. The summed E-state index contributed by atoms with van der Waals surface area (Å²) in [6.07, 6.45) is 5.41. The van der Waals surface area contributed by atoms with Gasteiger partial charge in [0.1, 0.15) is 5.82 Å². The van der Waals surface area contributed by atoms with Gasteiger partial charge in [0.05, 0.1) is 18.7 Å².